The molecule has 0 spiro atoms. The fourth-order valence-electron chi connectivity index (χ4n) is 1.69. The summed E-state index contributed by atoms with van der Waals surface area (Å²) in [6.07, 6.45) is 1.56. The Hall–Kier alpha value is -0.551. The quantitative estimate of drug-likeness (QED) is 0.487. The van der Waals surface area contributed by atoms with Gasteiger partial charge in [0, 0.05) is 29.1 Å². The summed E-state index contributed by atoms with van der Waals surface area (Å²) in [5.74, 6) is 2.25. The van der Waals surface area contributed by atoms with E-state index in [1.54, 1.807) is 6.08 Å². The third-order valence-corrected chi connectivity index (χ3v) is 2.92. The van der Waals surface area contributed by atoms with Crippen molar-refractivity contribution in [3.05, 3.63) is 28.4 Å². The summed E-state index contributed by atoms with van der Waals surface area (Å²) >= 11 is 0. The van der Waals surface area contributed by atoms with Crippen LogP contribution in [0.2, 0.25) is 0 Å². The van der Waals surface area contributed by atoms with E-state index in [-0.39, 0.29) is 17.1 Å². The van der Waals surface area contributed by atoms with Crippen molar-refractivity contribution < 1.29 is 21.9 Å². The van der Waals surface area contributed by atoms with Gasteiger partial charge in [0.2, 0.25) is 0 Å². The third kappa shape index (κ3) is 2.03. The van der Waals surface area contributed by atoms with Gasteiger partial charge in [-0.25, -0.2) is 4.79 Å². The molecule has 1 aliphatic rings. The zero-order chi connectivity index (χ0) is 9.30. The van der Waals surface area contributed by atoms with Crippen LogP contribution in [0.4, 0.5) is 0 Å². The molecular weight excluding hydrogens is 203 g/mol. The smallest absolute Gasteiger partial charge is 0.124 e. The van der Waals surface area contributed by atoms with Gasteiger partial charge in [-0.05, 0) is 37.5 Å². The minimum atomic E-state index is 0. The molecule has 0 saturated heterocycles. The summed E-state index contributed by atoms with van der Waals surface area (Å²) in [7, 11) is 0. The molecule has 0 N–H and O–H groups in total. The molecule has 1 atom stereocenters. The van der Waals surface area contributed by atoms with Crippen LogP contribution < -0.4 is 0 Å². The van der Waals surface area contributed by atoms with E-state index in [0.717, 1.165) is 5.57 Å². The Morgan fingerprint density at radius 2 is 1.77 bits per heavy atom. The van der Waals surface area contributed by atoms with Crippen LogP contribution in [-0.4, -0.2) is 5.94 Å². The van der Waals surface area contributed by atoms with Gasteiger partial charge in [0.25, 0.3) is 0 Å². The second-order valence-corrected chi connectivity index (χ2v) is 3.37. The molecule has 71 valence electrons. The molecule has 1 aliphatic carbocycles. The summed E-state index contributed by atoms with van der Waals surface area (Å²) in [6, 6.07) is 0. The summed E-state index contributed by atoms with van der Waals surface area (Å²) < 4.78 is 0. The van der Waals surface area contributed by atoms with Crippen LogP contribution in [0.1, 0.15) is 27.7 Å². The Bertz CT molecular complexity index is 317. The molecule has 0 aromatic carbocycles. The molecule has 1 unspecified atom stereocenters. The normalized spacial score (nSPS) is 21.4. The molecule has 0 fully saturated rings. The van der Waals surface area contributed by atoms with Gasteiger partial charge in [-0.3, -0.25) is 0 Å². The van der Waals surface area contributed by atoms with Crippen LogP contribution in [0.3, 0.4) is 0 Å². The molecule has 1 radical (unpaired) electrons. The van der Waals surface area contributed by atoms with E-state index >= 15 is 0 Å². The van der Waals surface area contributed by atoms with Crippen LogP contribution in [0, 0.1) is 5.92 Å². The number of hydrogen-bond donors (Lipinski definition) is 0. The van der Waals surface area contributed by atoms with Gasteiger partial charge in [-0.2, -0.15) is 0 Å². The Balaban J connectivity index is 0.00000144. The third-order valence-electron chi connectivity index (χ3n) is 2.92. The topological polar surface area (TPSA) is 17.1 Å². The van der Waals surface area contributed by atoms with E-state index in [1.807, 2.05) is 5.94 Å². The minimum Gasteiger partial charge on any atom is -0.233 e. The summed E-state index contributed by atoms with van der Waals surface area (Å²) in [6.45, 7) is 8.41. The first-order valence-electron chi connectivity index (χ1n) is 4.19. The maximum Gasteiger partial charge on any atom is 0.124 e. The van der Waals surface area contributed by atoms with Crippen molar-refractivity contribution in [2.45, 2.75) is 27.7 Å². The molecule has 0 saturated carbocycles. The second-order valence-electron chi connectivity index (χ2n) is 3.37. The molecular formula is C11H14MnO. The van der Waals surface area contributed by atoms with E-state index in [1.165, 1.54) is 16.7 Å². The van der Waals surface area contributed by atoms with E-state index < -0.39 is 0 Å². The predicted octanol–water partition coefficient (Wildman–Crippen LogP) is 2.67. The van der Waals surface area contributed by atoms with E-state index in [2.05, 4.69) is 27.7 Å². The number of rotatable bonds is 1. The first-order valence-corrected chi connectivity index (χ1v) is 4.19. The minimum absolute atomic E-state index is 0. The average molecular weight is 217 g/mol. The van der Waals surface area contributed by atoms with Gasteiger partial charge in [0.05, 0.1) is 0 Å². The van der Waals surface area contributed by atoms with Crippen LogP contribution in [-0.2, 0) is 21.9 Å². The van der Waals surface area contributed by atoms with Gasteiger partial charge in [-0.1, -0.05) is 12.5 Å². The van der Waals surface area contributed by atoms with E-state index in [9.17, 15) is 4.79 Å². The van der Waals surface area contributed by atoms with Crippen LogP contribution in [0.25, 0.3) is 0 Å². The molecule has 0 aromatic heterocycles. The van der Waals surface area contributed by atoms with Crippen molar-refractivity contribution in [1.29, 1.82) is 0 Å². The zero-order valence-corrected chi connectivity index (χ0v) is 9.62. The SMILES string of the molecule is CC1=C(C)C(C)C(C=C=O)=C1C.[Mn]. The van der Waals surface area contributed by atoms with E-state index in [0.29, 0.717) is 5.92 Å². The Kier molecular flexibility index (Phi) is 4.42. The number of carbonyl (C=O) groups excluding carboxylic acids is 1. The fourth-order valence-corrected chi connectivity index (χ4v) is 1.69. The number of hydrogen-bond acceptors (Lipinski definition) is 1. The van der Waals surface area contributed by atoms with Crippen molar-refractivity contribution >= 4 is 5.94 Å². The Morgan fingerprint density at radius 1 is 1.23 bits per heavy atom. The maximum atomic E-state index is 10.2. The summed E-state index contributed by atoms with van der Waals surface area (Å²) in [4.78, 5) is 10.2. The molecule has 1 nitrogen and oxygen atoms in total. The van der Waals surface area contributed by atoms with Crippen LogP contribution >= 0.6 is 0 Å². The summed E-state index contributed by atoms with van der Waals surface area (Å²) in [5, 5.41) is 0. The maximum absolute atomic E-state index is 10.2. The summed E-state index contributed by atoms with van der Waals surface area (Å²) in [5.41, 5.74) is 5.06. The molecule has 1 rings (SSSR count). The van der Waals surface area contributed by atoms with Crippen molar-refractivity contribution in [2.75, 3.05) is 0 Å². The predicted molar refractivity (Wildman–Crippen MR) is 50.5 cm³/mol. The largest absolute Gasteiger partial charge is 0.233 e. The van der Waals surface area contributed by atoms with Gasteiger partial charge in [0.15, 0.2) is 0 Å². The van der Waals surface area contributed by atoms with Gasteiger partial charge < -0.3 is 0 Å². The average Bonchev–Trinajstić information content (AvgIpc) is 2.23. The van der Waals surface area contributed by atoms with Crippen molar-refractivity contribution in [1.82, 2.24) is 0 Å². The van der Waals surface area contributed by atoms with Gasteiger partial charge >= 0.3 is 0 Å². The standard InChI is InChI=1S/C11H14O.Mn/c1-7-8(2)10(4)11(5-6-12)9(7)3;/h5,9H,1-4H3;. The molecule has 2 heteroatoms. The monoisotopic (exact) mass is 217 g/mol. The number of allylic oxidation sites excluding steroid dienone is 5. The Labute approximate surface area is 90.1 Å². The first kappa shape index (κ1) is 12.4. The van der Waals surface area contributed by atoms with Crippen LogP contribution in [0.5, 0.6) is 0 Å². The second kappa shape index (κ2) is 4.62. The molecule has 0 heterocycles. The van der Waals surface area contributed by atoms with Crippen molar-refractivity contribution in [3.8, 4) is 0 Å². The molecule has 0 aliphatic heterocycles. The molecule has 0 aromatic rings. The first-order chi connectivity index (χ1) is 5.59. The van der Waals surface area contributed by atoms with Gasteiger partial charge in [0.1, 0.15) is 5.94 Å². The van der Waals surface area contributed by atoms with Crippen molar-refractivity contribution in [2.24, 2.45) is 5.92 Å². The molecule has 0 bridgehead atoms. The van der Waals surface area contributed by atoms with E-state index in [4.69, 9.17) is 0 Å². The molecule has 13 heavy (non-hydrogen) atoms. The molecule has 0 amide bonds. The zero-order valence-electron chi connectivity index (χ0n) is 8.44. The van der Waals surface area contributed by atoms with Gasteiger partial charge in [-0.15, -0.1) is 0 Å². The fraction of sp³-hybridized carbons (Fsp3) is 0.455. The van der Waals surface area contributed by atoms with Crippen molar-refractivity contribution in [3.63, 3.8) is 0 Å². The van der Waals surface area contributed by atoms with Crippen LogP contribution in [0.15, 0.2) is 28.4 Å². The Morgan fingerprint density at radius 3 is 2.08 bits per heavy atom.